The van der Waals surface area contributed by atoms with Crippen molar-refractivity contribution in [3.8, 4) is 11.1 Å². The van der Waals surface area contributed by atoms with Crippen LogP contribution in [0.25, 0.3) is 11.1 Å². The van der Waals surface area contributed by atoms with Crippen LogP contribution in [0.3, 0.4) is 0 Å². The molecular weight excluding hydrogens is 870 g/mol. The fraction of sp³-hybridized carbons (Fsp3) is 0.453. The summed E-state index contributed by atoms with van der Waals surface area (Å²) in [4.78, 5) is 0. The van der Waals surface area contributed by atoms with Crippen LogP contribution in [-0.4, -0.2) is 4.21 Å². The third-order valence-electron chi connectivity index (χ3n) is 9.73. The van der Waals surface area contributed by atoms with Crippen LogP contribution in [0.1, 0.15) is 151 Å². The zero-order chi connectivity index (χ0) is 42.9. The summed E-state index contributed by atoms with van der Waals surface area (Å²) in [5.74, 6) is 0.573. The molecule has 0 aromatic heterocycles. The fourth-order valence-corrected chi connectivity index (χ4v) is 6.82. The minimum absolute atomic E-state index is 0. The Bertz CT molecular complexity index is 1790. The summed E-state index contributed by atoms with van der Waals surface area (Å²) in [6, 6.07) is 31.4. The molecular formula is C53H70Cl4Zr-4. The van der Waals surface area contributed by atoms with E-state index in [1.54, 1.807) is 48.5 Å². The van der Waals surface area contributed by atoms with Crippen molar-refractivity contribution in [1.82, 2.24) is 0 Å². The van der Waals surface area contributed by atoms with Gasteiger partial charge in [0.1, 0.15) is 0 Å². The van der Waals surface area contributed by atoms with Crippen molar-refractivity contribution in [2.24, 2.45) is 11.3 Å². The van der Waals surface area contributed by atoms with E-state index < -0.39 is 0 Å². The third kappa shape index (κ3) is 17.0. The van der Waals surface area contributed by atoms with E-state index in [1.165, 1.54) is 80.7 Å². The molecule has 2 aliphatic carbocycles. The topological polar surface area (TPSA) is 0 Å². The molecule has 0 saturated carbocycles. The first-order valence-corrected chi connectivity index (χ1v) is 22.4. The summed E-state index contributed by atoms with van der Waals surface area (Å²) in [6.45, 7) is 36.9. The molecule has 0 radical (unpaired) electrons. The van der Waals surface area contributed by atoms with Gasteiger partial charge in [-0.15, -0.1) is 64.7 Å². The Morgan fingerprint density at radius 1 is 0.603 bits per heavy atom. The number of hydrogen-bond acceptors (Lipinski definition) is 0. The van der Waals surface area contributed by atoms with Crippen LogP contribution in [0.2, 0.25) is 10.0 Å². The summed E-state index contributed by atoms with van der Waals surface area (Å²) >= 11 is 12.3. The van der Waals surface area contributed by atoms with Gasteiger partial charge < -0.3 is 0 Å². The summed E-state index contributed by atoms with van der Waals surface area (Å²) < 4.78 is 3.34. The summed E-state index contributed by atoms with van der Waals surface area (Å²) in [5, 5.41) is 1.53. The van der Waals surface area contributed by atoms with Gasteiger partial charge in [-0.25, -0.2) is 6.08 Å². The molecule has 0 amide bonds. The molecule has 0 saturated heterocycles. The number of allylic oxidation sites excluding steroid dienone is 4. The van der Waals surface area contributed by atoms with E-state index in [0.717, 1.165) is 16.5 Å². The van der Waals surface area contributed by atoms with Gasteiger partial charge in [-0.1, -0.05) is 162 Å². The molecule has 58 heavy (non-hydrogen) atoms. The van der Waals surface area contributed by atoms with Gasteiger partial charge in [0, 0.05) is 0 Å². The molecule has 2 aliphatic rings. The maximum absolute atomic E-state index is 5.52. The van der Waals surface area contributed by atoms with E-state index in [0.29, 0.717) is 11.3 Å². The number of benzene rings is 4. The Labute approximate surface area is 393 Å². The molecule has 0 fully saturated rings. The van der Waals surface area contributed by atoms with Gasteiger partial charge in [-0.05, 0) is 39.4 Å². The van der Waals surface area contributed by atoms with E-state index in [-0.39, 0.29) is 46.5 Å². The maximum atomic E-state index is 5.52. The Morgan fingerprint density at radius 2 is 1.02 bits per heavy atom. The normalized spacial score (nSPS) is 14.1. The van der Waals surface area contributed by atoms with E-state index in [1.807, 2.05) is 0 Å². The Kier molecular flexibility index (Phi) is 22.8. The quantitative estimate of drug-likeness (QED) is 0.147. The molecule has 5 heteroatoms. The first-order valence-electron chi connectivity index (χ1n) is 19.9. The first kappa shape index (κ1) is 56.3. The number of fused-ring (bicyclic) bond motifs is 3. The van der Waals surface area contributed by atoms with Crippen molar-refractivity contribution in [3.63, 3.8) is 0 Å². The molecule has 6 rings (SSSR count). The van der Waals surface area contributed by atoms with Gasteiger partial charge in [0.25, 0.3) is 0 Å². The summed E-state index contributed by atoms with van der Waals surface area (Å²) in [5.41, 5.74) is 13.7. The van der Waals surface area contributed by atoms with Crippen molar-refractivity contribution in [3.05, 3.63) is 152 Å². The van der Waals surface area contributed by atoms with Gasteiger partial charge in [-0.3, -0.25) is 6.08 Å². The van der Waals surface area contributed by atoms with E-state index in [9.17, 15) is 0 Å². The second kappa shape index (κ2) is 23.5. The molecule has 4 aromatic rings. The van der Waals surface area contributed by atoms with Gasteiger partial charge in [0.2, 0.25) is 0 Å². The van der Waals surface area contributed by atoms with E-state index in [2.05, 4.69) is 170 Å². The number of hydrogen-bond donors (Lipinski definition) is 0. The summed E-state index contributed by atoms with van der Waals surface area (Å²) in [6.07, 6.45) is 10.0. The fourth-order valence-electron chi connectivity index (χ4n) is 6.57. The molecule has 0 aliphatic heterocycles. The molecule has 1 atom stereocenters. The zero-order valence-corrected chi connectivity index (χ0v) is 43.9. The Morgan fingerprint density at radius 3 is 1.33 bits per heavy atom. The molecule has 0 N–H and O–H groups in total. The molecule has 0 bridgehead atoms. The van der Waals surface area contributed by atoms with Gasteiger partial charge in [-0.2, -0.15) is 90.0 Å². The van der Waals surface area contributed by atoms with E-state index in [4.69, 9.17) is 23.2 Å². The third-order valence-corrected chi connectivity index (χ3v) is 10.2. The second-order valence-electron chi connectivity index (χ2n) is 19.8. The zero-order valence-electron chi connectivity index (χ0n) is 38.3. The molecule has 318 valence electrons. The van der Waals surface area contributed by atoms with Crippen LogP contribution in [0.15, 0.2) is 84.5 Å². The van der Waals surface area contributed by atoms with Crippen molar-refractivity contribution >= 4 is 52.2 Å². The van der Waals surface area contributed by atoms with Crippen molar-refractivity contribution in [1.29, 1.82) is 0 Å². The van der Waals surface area contributed by atoms with Crippen molar-refractivity contribution in [2.45, 2.75) is 145 Å². The van der Waals surface area contributed by atoms with Crippen LogP contribution < -0.4 is 0 Å². The standard InChI is InChI=1S/C29H41.C11H17.2C6H4Cl.CH2.2ClH.Zr/c1-26(2,3)22-14-18-13-19-15-23(27(4,5)6)25(29(10,11)12)17-21(19)20(18)16-24(22)28(7,8)9;1-5-9-6-7-10(8-9)11(2,3)4;2*7-6-4-2-1-3-5-6;;;;/h14,16-17H,13H2,1-12H3;7-9H,5H2,1-4H3;2*2-5H;1H2;2*1H;/q4*-1;;;;. The second-order valence-corrected chi connectivity index (χ2v) is 20.7. The average Bonchev–Trinajstić information content (AvgIpc) is 3.73. The van der Waals surface area contributed by atoms with Crippen molar-refractivity contribution < 1.29 is 24.2 Å². The Hall–Kier alpha value is -1.73. The van der Waals surface area contributed by atoms with Crippen LogP contribution >= 0.6 is 48.0 Å². The van der Waals surface area contributed by atoms with Crippen LogP contribution in [-0.2, 0) is 52.3 Å². The van der Waals surface area contributed by atoms with Gasteiger partial charge >= 0.3 is 28.4 Å². The average molecular weight is 940 g/mol. The predicted molar refractivity (Wildman–Crippen MR) is 260 cm³/mol. The molecule has 0 heterocycles. The number of rotatable bonds is 1. The Balaban J connectivity index is 0.000000909. The van der Waals surface area contributed by atoms with Gasteiger partial charge in [0.05, 0.1) is 0 Å². The molecule has 1 unspecified atom stereocenters. The number of halogens is 4. The molecule has 4 aromatic carbocycles. The molecule has 0 nitrogen and oxygen atoms in total. The predicted octanol–water partition coefficient (Wildman–Crippen LogP) is 16.7. The SMILES string of the molecule is CC(C)(C)c1[c-]c2c(cc1C(C)(C)C)-c1cc(C(C)(C)C)c(C(C)(C)C)cc1C2.CCC1[C-]=CC(C(C)(C)C)=C1.Cl.Cl.Clc1cc[c-]cc1.Clc1cc[c-]cc1.[CH2]=[Zr]. The van der Waals surface area contributed by atoms with Crippen LogP contribution in [0.4, 0.5) is 0 Å². The van der Waals surface area contributed by atoms with E-state index >= 15 is 0 Å². The van der Waals surface area contributed by atoms with Crippen LogP contribution in [0.5, 0.6) is 0 Å². The minimum atomic E-state index is 0. The summed E-state index contributed by atoms with van der Waals surface area (Å²) in [7, 11) is 0. The van der Waals surface area contributed by atoms with Gasteiger partial charge in [0.15, 0.2) is 0 Å². The van der Waals surface area contributed by atoms with Crippen molar-refractivity contribution in [2.75, 3.05) is 0 Å². The monoisotopic (exact) mass is 936 g/mol. The first-order chi connectivity index (χ1) is 25.7. The molecule has 0 spiro atoms. The van der Waals surface area contributed by atoms with Crippen LogP contribution in [0, 0.1) is 35.6 Å².